The maximum Gasteiger partial charge on any atom is 0.0178 e. The van der Waals surface area contributed by atoms with E-state index < -0.39 is 0 Å². The number of benzene rings is 1. The Bertz CT molecular complexity index is 296. The van der Waals surface area contributed by atoms with E-state index in [1.807, 2.05) is 0 Å². The first-order valence-electron chi connectivity index (χ1n) is 5.24. The zero-order valence-corrected chi connectivity index (χ0v) is 9.67. The maximum atomic E-state index is 5.63. The molecule has 0 saturated carbocycles. The van der Waals surface area contributed by atoms with Crippen molar-refractivity contribution in [2.75, 3.05) is 0 Å². The molecule has 14 heavy (non-hydrogen) atoms. The molecule has 0 fully saturated rings. The molecule has 0 heterocycles. The number of rotatable bonds is 2. The molecule has 0 aliphatic carbocycles. The van der Waals surface area contributed by atoms with E-state index >= 15 is 0 Å². The third-order valence-corrected chi connectivity index (χ3v) is 2.99. The Balaban J connectivity index is 2.95. The highest BCUT2D eigenvalue weighted by molar-refractivity contribution is 5.27. The molecule has 0 aliphatic heterocycles. The first-order chi connectivity index (χ1) is 6.45. The molecule has 0 radical (unpaired) electrons. The number of hydrogen-bond donors (Lipinski definition) is 1. The Morgan fingerprint density at radius 1 is 1.29 bits per heavy atom. The largest absolute Gasteiger partial charge is 0.326 e. The van der Waals surface area contributed by atoms with Crippen LogP contribution in [0.3, 0.4) is 0 Å². The summed E-state index contributed by atoms with van der Waals surface area (Å²) in [7, 11) is 0. The van der Waals surface area contributed by atoms with Crippen molar-refractivity contribution in [2.24, 2.45) is 11.1 Å². The van der Waals surface area contributed by atoms with Crippen LogP contribution in [0.2, 0.25) is 0 Å². The van der Waals surface area contributed by atoms with Gasteiger partial charge in [-0.15, -0.1) is 0 Å². The summed E-state index contributed by atoms with van der Waals surface area (Å²) < 4.78 is 0. The van der Waals surface area contributed by atoms with Gasteiger partial charge in [0.1, 0.15) is 0 Å². The fourth-order valence-corrected chi connectivity index (χ4v) is 1.49. The van der Waals surface area contributed by atoms with Crippen molar-refractivity contribution in [3.8, 4) is 0 Å². The maximum absolute atomic E-state index is 5.63. The Kier molecular flexibility index (Phi) is 3.33. The molecule has 1 aromatic rings. The molecule has 0 spiro atoms. The normalized spacial score (nSPS) is 14.1. The van der Waals surface area contributed by atoms with E-state index in [0.29, 0.717) is 17.9 Å². The average molecular weight is 191 g/mol. The summed E-state index contributed by atoms with van der Waals surface area (Å²) in [5.74, 6) is 0.564. The van der Waals surface area contributed by atoms with E-state index in [-0.39, 0.29) is 0 Å². The lowest BCUT2D eigenvalue weighted by Crippen LogP contribution is -2.15. The van der Waals surface area contributed by atoms with Crippen LogP contribution in [0, 0.1) is 5.41 Å². The van der Waals surface area contributed by atoms with Crippen LogP contribution >= 0.6 is 0 Å². The highest BCUT2D eigenvalue weighted by atomic mass is 14.5. The van der Waals surface area contributed by atoms with Crippen molar-refractivity contribution in [3.63, 3.8) is 0 Å². The van der Waals surface area contributed by atoms with Gasteiger partial charge in [0.25, 0.3) is 0 Å². The summed E-state index contributed by atoms with van der Waals surface area (Å²) in [5, 5.41) is 0. The third-order valence-electron chi connectivity index (χ3n) is 2.99. The van der Waals surface area contributed by atoms with E-state index in [2.05, 4.69) is 52.0 Å². The summed E-state index contributed by atoms with van der Waals surface area (Å²) >= 11 is 0. The molecule has 0 bridgehead atoms. The van der Waals surface area contributed by atoms with Crippen LogP contribution in [-0.2, 0) is 6.54 Å². The van der Waals surface area contributed by atoms with Gasteiger partial charge >= 0.3 is 0 Å². The predicted molar refractivity (Wildman–Crippen MR) is 62.2 cm³/mol. The second-order valence-corrected chi connectivity index (χ2v) is 5.04. The Hall–Kier alpha value is -0.820. The van der Waals surface area contributed by atoms with Crippen LogP contribution in [-0.4, -0.2) is 0 Å². The fourth-order valence-electron chi connectivity index (χ4n) is 1.49. The van der Waals surface area contributed by atoms with Gasteiger partial charge in [0.05, 0.1) is 0 Å². The van der Waals surface area contributed by atoms with Gasteiger partial charge in [-0.1, -0.05) is 52.0 Å². The van der Waals surface area contributed by atoms with E-state index in [1.54, 1.807) is 0 Å². The molecule has 1 unspecified atom stereocenters. The van der Waals surface area contributed by atoms with Crippen molar-refractivity contribution in [3.05, 3.63) is 35.4 Å². The molecule has 2 N–H and O–H groups in total. The van der Waals surface area contributed by atoms with Crippen LogP contribution in [0.4, 0.5) is 0 Å². The molecule has 1 aromatic carbocycles. The van der Waals surface area contributed by atoms with Gasteiger partial charge in [0.15, 0.2) is 0 Å². The van der Waals surface area contributed by atoms with Gasteiger partial charge in [-0.3, -0.25) is 0 Å². The smallest absolute Gasteiger partial charge is 0.0178 e. The molecule has 1 heteroatoms. The lowest BCUT2D eigenvalue weighted by atomic mass is 9.77. The van der Waals surface area contributed by atoms with E-state index in [0.717, 1.165) is 0 Å². The van der Waals surface area contributed by atoms with E-state index in [1.165, 1.54) is 11.1 Å². The summed E-state index contributed by atoms with van der Waals surface area (Å²) in [4.78, 5) is 0. The first kappa shape index (κ1) is 11.3. The van der Waals surface area contributed by atoms with Crippen LogP contribution < -0.4 is 5.73 Å². The Labute approximate surface area is 87.3 Å². The second kappa shape index (κ2) is 4.14. The van der Waals surface area contributed by atoms with Crippen molar-refractivity contribution < 1.29 is 0 Å². The van der Waals surface area contributed by atoms with Gasteiger partial charge in [-0.05, 0) is 22.5 Å². The minimum atomic E-state index is 0.313. The summed E-state index contributed by atoms with van der Waals surface area (Å²) in [6, 6.07) is 8.59. The monoisotopic (exact) mass is 191 g/mol. The van der Waals surface area contributed by atoms with Crippen molar-refractivity contribution in [1.29, 1.82) is 0 Å². The van der Waals surface area contributed by atoms with Crippen LogP contribution in [0.5, 0.6) is 0 Å². The summed E-state index contributed by atoms with van der Waals surface area (Å²) in [5.41, 5.74) is 8.55. The van der Waals surface area contributed by atoms with Gasteiger partial charge in [-0.25, -0.2) is 0 Å². The standard InChI is InChI=1S/C13H21N/c1-10(13(2,3)4)12-7-5-6-11(8-12)9-14/h5-8,10H,9,14H2,1-4H3. The molecule has 1 rings (SSSR count). The third kappa shape index (κ3) is 2.58. The molecule has 0 aliphatic rings. The van der Waals surface area contributed by atoms with Gasteiger partial charge in [0.2, 0.25) is 0 Å². The lowest BCUT2D eigenvalue weighted by Gasteiger charge is -2.27. The van der Waals surface area contributed by atoms with Gasteiger partial charge in [0, 0.05) is 6.54 Å². The highest BCUT2D eigenvalue weighted by Gasteiger charge is 2.21. The van der Waals surface area contributed by atoms with Crippen LogP contribution in [0.15, 0.2) is 24.3 Å². The quantitative estimate of drug-likeness (QED) is 0.762. The van der Waals surface area contributed by atoms with E-state index in [9.17, 15) is 0 Å². The topological polar surface area (TPSA) is 26.0 Å². The Morgan fingerprint density at radius 2 is 1.93 bits per heavy atom. The molecule has 1 nitrogen and oxygen atoms in total. The van der Waals surface area contributed by atoms with Gasteiger partial charge in [-0.2, -0.15) is 0 Å². The molecular formula is C13H21N. The minimum Gasteiger partial charge on any atom is -0.326 e. The summed E-state index contributed by atoms with van der Waals surface area (Å²) in [6.45, 7) is 9.71. The van der Waals surface area contributed by atoms with E-state index in [4.69, 9.17) is 5.73 Å². The average Bonchev–Trinajstić information content (AvgIpc) is 2.15. The Morgan fingerprint density at radius 3 is 2.43 bits per heavy atom. The van der Waals surface area contributed by atoms with Gasteiger partial charge < -0.3 is 5.73 Å². The van der Waals surface area contributed by atoms with Crippen LogP contribution in [0.25, 0.3) is 0 Å². The molecule has 0 amide bonds. The zero-order valence-electron chi connectivity index (χ0n) is 9.67. The van der Waals surface area contributed by atoms with Crippen molar-refractivity contribution >= 4 is 0 Å². The summed E-state index contributed by atoms with van der Waals surface area (Å²) in [6.07, 6.45) is 0. The number of hydrogen-bond acceptors (Lipinski definition) is 1. The molecule has 0 saturated heterocycles. The minimum absolute atomic E-state index is 0.313. The molecular weight excluding hydrogens is 170 g/mol. The SMILES string of the molecule is CC(c1cccc(CN)c1)C(C)(C)C. The molecule has 0 aromatic heterocycles. The predicted octanol–water partition coefficient (Wildman–Crippen LogP) is 3.29. The highest BCUT2D eigenvalue weighted by Crippen LogP contribution is 2.34. The van der Waals surface area contributed by atoms with Crippen molar-refractivity contribution in [2.45, 2.75) is 40.2 Å². The van der Waals surface area contributed by atoms with Crippen LogP contribution in [0.1, 0.15) is 44.7 Å². The lowest BCUT2D eigenvalue weighted by molar-refractivity contribution is 0.339. The molecule has 1 atom stereocenters. The van der Waals surface area contributed by atoms with Crippen molar-refractivity contribution in [1.82, 2.24) is 0 Å². The second-order valence-electron chi connectivity index (χ2n) is 5.04. The number of nitrogens with two attached hydrogens (primary N) is 1. The zero-order chi connectivity index (χ0) is 10.8. The fraction of sp³-hybridized carbons (Fsp3) is 0.538. The molecule has 78 valence electrons. The first-order valence-corrected chi connectivity index (χ1v) is 5.24.